The molecule has 0 aliphatic rings. The molecular weight excluding hydrogens is 312 g/mol. The van der Waals surface area contributed by atoms with E-state index in [1.165, 1.54) is 0 Å². The van der Waals surface area contributed by atoms with Gasteiger partial charge in [0.15, 0.2) is 0 Å². The first-order chi connectivity index (χ1) is 9.20. The molecule has 1 amide bonds. The molecular formula is C12H13BrN4O2. The predicted molar refractivity (Wildman–Crippen MR) is 73.0 cm³/mol. The van der Waals surface area contributed by atoms with Crippen LogP contribution >= 0.6 is 15.9 Å². The summed E-state index contributed by atoms with van der Waals surface area (Å²) in [5, 5.41) is 10.3. The zero-order chi connectivity index (χ0) is 13.7. The second-order valence-electron chi connectivity index (χ2n) is 3.77. The molecule has 0 unspecified atom stereocenters. The van der Waals surface area contributed by atoms with Crippen LogP contribution in [0.4, 0.5) is 0 Å². The average molecular weight is 325 g/mol. The number of hydrogen-bond acceptors (Lipinski definition) is 4. The van der Waals surface area contributed by atoms with Gasteiger partial charge in [-0.1, -0.05) is 5.21 Å². The van der Waals surface area contributed by atoms with Gasteiger partial charge in [0.2, 0.25) is 0 Å². The summed E-state index contributed by atoms with van der Waals surface area (Å²) >= 11 is 3.35. The van der Waals surface area contributed by atoms with Crippen molar-refractivity contribution < 1.29 is 9.53 Å². The third kappa shape index (κ3) is 3.54. The molecule has 100 valence electrons. The van der Waals surface area contributed by atoms with Crippen LogP contribution < -0.4 is 10.1 Å². The molecule has 0 saturated carbocycles. The number of methoxy groups -OCH3 is 1. The molecule has 1 heterocycles. The SMILES string of the molecule is COc1ccc(C(=O)NCCn2ccnn2)cc1Br. The topological polar surface area (TPSA) is 69.0 Å². The molecule has 1 aromatic heterocycles. The summed E-state index contributed by atoms with van der Waals surface area (Å²) in [5.74, 6) is 0.558. The molecule has 0 fully saturated rings. The third-order valence-corrected chi connectivity index (χ3v) is 3.13. The van der Waals surface area contributed by atoms with E-state index >= 15 is 0 Å². The number of nitrogens with zero attached hydrogens (tertiary/aromatic N) is 3. The van der Waals surface area contributed by atoms with Crippen LogP contribution in [0.1, 0.15) is 10.4 Å². The lowest BCUT2D eigenvalue weighted by molar-refractivity contribution is 0.0952. The van der Waals surface area contributed by atoms with E-state index in [1.807, 2.05) is 0 Å². The summed E-state index contributed by atoms with van der Waals surface area (Å²) < 4.78 is 7.52. The maximum atomic E-state index is 11.9. The van der Waals surface area contributed by atoms with Crippen molar-refractivity contribution in [3.8, 4) is 5.75 Å². The second kappa shape index (κ2) is 6.33. The van der Waals surface area contributed by atoms with Gasteiger partial charge in [-0.15, -0.1) is 5.10 Å². The average Bonchev–Trinajstić information content (AvgIpc) is 2.91. The number of rotatable bonds is 5. The molecule has 1 N–H and O–H groups in total. The summed E-state index contributed by atoms with van der Waals surface area (Å²) in [5.41, 5.74) is 0.575. The first-order valence-corrected chi connectivity index (χ1v) is 6.46. The summed E-state index contributed by atoms with van der Waals surface area (Å²) in [7, 11) is 1.58. The van der Waals surface area contributed by atoms with E-state index in [0.717, 1.165) is 4.47 Å². The molecule has 7 heteroatoms. The van der Waals surface area contributed by atoms with E-state index in [4.69, 9.17) is 4.74 Å². The Hall–Kier alpha value is -1.89. The van der Waals surface area contributed by atoms with E-state index < -0.39 is 0 Å². The van der Waals surface area contributed by atoms with Gasteiger partial charge in [0.05, 0.1) is 24.3 Å². The maximum absolute atomic E-state index is 11.9. The van der Waals surface area contributed by atoms with E-state index in [1.54, 1.807) is 42.4 Å². The highest BCUT2D eigenvalue weighted by atomic mass is 79.9. The largest absolute Gasteiger partial charge is 0.496 e. The van der Waals surface area contributed by atoms with Crippen LogP contribution in [0.2, 0.25) is 0 Å². The maximum Gasteiger partial charge on any atom is 0.251 e. The van der Waals surface area contributed by atoms with Gasteiger partial charge in [-0.05, 0) is 34.1 Å². The number of nitrogens with one attached hydrogen (secondary N) is 1. The number of benzene rings is 1. The van der Waals surface area contributed by atoms with Gasteiger partial charge in [0.1, 0.15) is 5.75 Å². The van der Waals surface area contributed by atoms with Crippen LogP contribution in [0.3, 0.4) is 0 Å². The van der Waals surface area contributed by atoms with Gasteiger partial charge in [-0.3, -0.25) is 9.48 Å². The fraction of sp³-hybridized carbons (Fsp3) is 0.250. The monoisotopic (exact) mass is 324 g/mol. The molecule has 0 spiro atoms. The Morgan fingerprint density at radius 2 is 2.37 bits per heavy atom. The highest BCUT2D eigenvalue weighted by Crippen LogP contribution is 2.25. The second-order valence-corrected chi connectivity index (χ2v) is 4.63. The molecule has 0 saturated heterocycles. The third-order valence-electron chi connectivity index (χ3n) is 2.51. The zero-order valence-electron chi connectivity index (χ0n) is 10.3. The van der Waals surface area contributed by atoms with Crippen molar-refractivity contribution in [3.63, 3.8) is 0 Å². The number of aromatic nitrogens is 3. The van der Waals surface area contributed by atoms with Crippen LogP contribution in [0.15, 0.2) is 35.1 Å². The van der Waals surface area contributed by atoms with E-state index in [-0.39, 0.29) is 5.91 Å². The van der Waals surface area contributed by atoms with Crippen molar-refractivity contribution in [2.24, 2.45) is 0 Å². The molecule has 19 heavy (non-hydrogen) atoms. The van der Waals surface area contributed by atoms with Crippen LogP contribution in [-0.2, 0) is 6.54 Å². The summed E-state index contributed by atoms with van der Waals surface area (Å²) in [6, 6.07) is 5.19. The lowest BCUT2D eigenvalue weighted by atomic mass is 10.2. The van der Waals surface area contributed by atoms with Crippen molar-refractivity contribution in [2.75, 3.05) is 13.7 Å². The van der Waals surface area contributed by atoms with E-state index in [9.17, 15) is 4.79 Å². The molecule has 0 aliphatic heterocycles. The Labute approximate surface area is 118 Å². The van der Waals surface area contributed by atoms with Gasteiger partial charge >= 0.3 is 0 Å². The Morgan fingerprint density at radius 3 is 3.00 bits per heavy atom. The number of ether oxygens (including phenoxy) is 1. The van der Waals surface area contributed by atoms with Crippen LogP contribution in [0.25, 0.3) is 0 Å². The number of carbonyl (C=O) groups is 1. The highest BCUT2D eigenvalue weighted by Gasteiger charge is 2.08. The minimum atomic E-state index is -0.136. The van der Waals surface area contributed by atoms with Gasteiger partial charge in [0, 0.05) is 18.3 Å². The smallest absolute Gasteiger partial charge is 0.251 e. The van der Waals surface area contributed by atoms with Gasteiger partial charge in [-0.2, -0.15) is 0 Å². The molecule has 2 rings (SSSR count). The molecule has 0 radical (unpaired) electrons. The van der Waals surface area contributed by atoms with Gasteiger partial charge in [-0.25, -0.2) is 0 Å². The van der Waals surface area contributed by atoms with Crippen LogP contribution in [0.5, 0.6) is 5.75 Å². The molecule has 0 aliphatic carbocycles. The zero-order valence-corrected chi connectivity index (χ0v) is 11.9. The van der Waals surface area contributed by atoms with Crippen molar-refractivity contribution in [2.45, 2.75) is 6.54 Å². The number of halogens is 1. The van der Waals surface area contributed by atoms with Crippen molar-refractivity contribution >= 4 is 21.8 Å². The highest BCUT2D eigenvalue weighted by molar-refractivity contribution is 9.10. The summed E-state index contributed by atoms with van der Waals surface area (Å²) in [4.78, 5) is 11.9. The quantitative estimate of drug-likeness (QED) is 0.904. The first kappa shape index (κ1) is 13.5. The fourth-order valence-corrected chi connectivity index (χ4v) is 2.09. The fourth-order valence-electron chi connectivity index (χ4n) is 1.55. The lowest BCUT2D eigenvalue weighted by Crippen LogP contribution is -2.27. The summed E-state index contributed by atoms with van der Waals surface area (Å²) in [6.45, 7) is 1.08. The van der Waals surface area contributed by atoms with Crippen molar-refractivity contribution in [1.29, 1.82) is 0 Å². The number of amides is 1. The van der Waals surface area contributed by atoms with Crippen LogP contribution in [0, 0.1) is 0 Å². The van der Waals surface area contributed by atoms with Crippen LogP contribution in [-0.4, -0.2) is 34.6 Å². The predicted octanol–water partition coefficient (Wildman–Crippen LogP) is 1.48. The molecule has 2 aromatic rings. The normalized spacial score (nSPS) is 10.2. The molecule has 1 aromatic carbocycles. The minimum Gasteiger partial charge on any atom is -0.496 e. The summed E-state index contributed by atoms with van der Waals surface area (Å²) in [6.07, 6.45) is 3.35. The standard InChI is InChI=1S/C12H13BrN4O2/c1-19-11-3-2-9(8-10(11)13)12(18)14-4-6-17-7-5-15-16-17/h2-3,5,7-8H,4,6H2,1H3,(H,14,18). The van der Waals surface area contributed by atoms with Crippen molar-refractivity contribution in [1.82, 2.24) is 20.3 Å². The lowest BCUT2D eigenvalue weighted by Gasteiger charge is -2.07. The Bertz CT molecular complexity index is 557. The molecule has 6 nitrogen and oxygen atoms in total. The molecule has 0 atom stereocenters. The number of hydrogen-bond donors (Lipinski definition) is 1. The van der Waals surface area contributed by atoms with E-state index in [0.29, 0.717) is 24.4 Å². The minimum absolute atomic E-state index is 0.136. The first-order valence-electron chi connectivity index (χ1n) is 5.66. The number of carbonyl (C=O) groups excluding carboxylic acids is 1. The Balaban J connectivity index is 1.91. The Morgan fingerprint density at radius 1 is 1.53 bits per heavy atom. The molecule has 0 bridgehead atoms. The van der Waals surface area contributed by atoms with E-state index in [2.05, 4.69) is 31.6 Å². The Kier molecular flexibility index (Phi) is 4.51. The van der Waals surface area contributed by atoms with Crippen molar-refractivity contribution in [3.05, 3.63) is 40.6 Å². The van der Waals surface area contributed by atoms with Gasteiger partial charge < -0.3 is 10.1 Å². The van der Waals surface area contributed by atoms with Gasteiger partial charge in [0.25, 0.3) is 5.91 Å².